The van der Waals surface area contributed by atoms with Crippen molar-refractivity contribution in [2.45, 2.75) is 31.3 Å². The molecule has 2 N–H and O–H groups in total. The number of aromatic nitrogens is 2. The number of hydrogen-bond acceptors (Lipinski definition) is 3. The van der Waals surface area contributed by atoms with Crippen molar-refractivity contribution in [3.63, 3.8) is 0 Å². The second-order valence-corrected chi connectivity index (χ2v) is 6.64. The number of benzene rings is 1. The Morgan fingerprint density at radius 3 is 2.83 bits per heavy atom. The summed E-state index contributed by atoms with van der Waals surface area (Å²) in [5, 5.41) is 11.1. The predicted octanol–water partition coefficient (Wildman–Crippen LogP) is 3.12. The summed E-state index contributed by atoms with van der Waals surface area (Å²) < 4.78 is 0. The Kier molecular flexibility index (Phi) is 5.13. The molecule has 2 bridgehead atoms. The molecule has 128 valence electrons. The number of H-pyrrole nitrogens is 1. The first-order valence-corrected chi connectivity index (χ1v) is 8.45. The van der Waals surface area contributed by atoms with Gasteiger partial charge in [0.1, 0.15) is 0 Å². The smallest absolute Gasteiger partial charge is 0.258 e. The quantitative estimate of drug-likeness (QED) is 0.858. The van der Waals surface area contributed by atoms with E-state index in [0.29, 0.717) is 22.3 Å². The molecule has 0 spiro atoms. The maximum Gasteiger partial charge on any atom is 0.258 e. The van der Waals surface area contributed by atoms with Crippen LogP contribution in [-0.4, -0.2) is 46.2 Å². The van der Waals surface area contributed by atoms with Crippen LogP contribution in [0.2, 0.25) is 5.02 Å². The number of hydrogen-bond donors (Lipinski definition) is 2. The average molecular weight is 367 g/mol. The lowest BCUT2D eigenvalue weighted by Crippen LogP contribution is -2.42. The SMILES string of the molecule is Cl.O=C(c1cn[nH]c1-c1ccccc1Cl)N1C2CCNCC1CC2. The summed E-state index contributed by atoms with van der Waals surface area (Å²) in [6.45, 7) is 1.86. The Bertz CT molecular complexity index is 719. The number of nitrogens with zero attached hydrogens (tertiary/aromatic N) is 2. The van der Waals surface area contributed by atoms with Gasteiger partial charge in [-0.1, -0.05) is 29.8 Å². The molecule has 3 heterocycles. The summed E-state index contributed by atoms with van der Waals surface area (Å²) >= 11 is 6.29. The van der Waals surface area contributed by atoms with E-state index in [1.54, 1.807) is 6.20 Å². The van der Waals surface area contributed by atoms with Gasteiger partial charge >= 0.3 is 0 Å². The molecule has 1 amide bonds. The first kappa shape index (κ1) is 17.3. The summed E-state index contributed by atoms with van der Waals surface area (Å²) in [4.78, 5) is 15.2. The van der Waals surface area contributed by atoms with Crippen molar-refractivity contribution in [2.24, 2.45) is 0 Å². The highest BCUT2D eigenvalue weighted by Gasteiger charge is 2.39. The third-order valence-electron chi connectivity index (χ3n) is 4.90. The highest BCUT2D eigenvalue weighted by atomic mass is 35.5. The number of aromatic amines is 1. The third kappa shape index (κ3) is 2.92. The normalized spacial score (nSPS) is 22.8. The van der Waals surface area contributed by atoms with Crippen LogP contribution in [0.5, 0.6) is 0 Å². The van der Waals surface area contributed by atoms with E-state index in [4.69, 9.17) is 11.6 Å². The van der Waals surface area contributed by atoms with Crippen molar-refractivity contribution in [3.05, 3.63) is 41.0 Å². The third-order valence-corrected chi connectivity index (χ3v) is 5.23. The van der Waals surface area contributed by atoms with Crippen molar-refractivity contribution in [3.8, 4) is 11.3 Å². The Hall–Kier alpha value is -1.56. The summed E-state index contributed by atoms with van der Waals surface area (Å²) in [5.41, 5.74) is 2.13. The van der Waals surface area contributed by atoms with Gasteiger partial charge in [-0.15, -0.1) is 12.4 Å². The lowest BCUT2D eigenvalue weighted by molar-refractivity contribution is 0.0681. The van der Waals surface area contributed by atoms with Gasteiger partial charge in [0.25, 0.3) is 5.91 Å². The van der Waals surface area contributed by atoms with Crippen molar-refractivity contribution >= 4 is 29.9 Å². The molecule has 2 unspecified atom stereocenters. The zero-order valence-corrected chi connectivity index (χ0v) is 14.7. The minimum absolute atomic E-state index is 0. The minimum Gasteiger partial charge on any atom is -0.331 e. The standard InChI is InChI=1S/C17H19ClN4O.ClH/c18-15-4-2-1-3-13(15)16-14(10-20-21-16)17(23)22-11-5-6-12(22)9-19-8-7-11;/h1-4,10-12,19H,5-9H2,(H,20,21);1H. The van der Waals surface area contributed by atoms with E-state index in [2.05, 4.69) is 20.4 Å². The maximum atomic E-state index is 13.2. The predicted molar refractivity (Wildman–Crippen MR) is 96.7 cm³/mol. The van der Waals surface area contributed by atoms with E-state index in [0.717, 1.165) is 37.9 Å². The lowest BCUT2D eigenvalue weighted by atomic mass is 10.1. The largest absolute Gasteiger partial charge is 0.331 e. The molecule has 0 radical (unpaired) electrons. The number of halogens is 2. The van der Waals surface area contributed by atoms with Gasteiger partial charge in [-0.05, 0) is 31.9 Å². The van der Waals surface area contributed by atoms with Gasteiger partial charge in [-0.2, -0.15) is 5.10 Å². The van der Waals surface area contributed by atoms with Gasteiger partial charge < -0.3 is 10.2 Å². The van der Waals surface area contributed by atoms with E-state index in [9.17, 15) is 4.79 Å². The molecular weight excluding hydrogens is 347 g/mol. The Morgan fingerprint density at radius 1 is 1.21 bits per heavy atom. The Morgan fingerprint density at radius 2 is 2.00 bits per heavy atom. The molecule has 2 aliphatic heterocycles. The first-order chi connectivity index (χ1) is 11.3. The molecule has 5 nitrogen and oxygen atoms in total. The summed E-state index contributed by atoms with van der Waals surface area (Å²) in [6, 6.07) is 8.14. The van der Waals surface area contributed by atoms with Crippen molar-refractivity contribution in [2.75, 3.05) is 13.1 Å². The molecule has 7 heteroatoms. The average Bonchev–Trinajstić information content (AvgIpc) is 3.11. The van der Waals surface area contributed by atoms with Gasteiger partial charge in [0.2, 0.25) is 0 Å². The van der Waals surface area contributed by atoms with Gasteiger partial charge in [0.05, 0.1) is 17.5 Å². The van der Waals surface area contributed by atoms with Crippen LogP contribution >= 0.6 is 24.0 Å². The summed E-state index contributed by atoms with van der Waals surface area (Å²) in [6.07, 6.45) is 4.81. The van der Waals surface area contributed by atoms with Gasteiger partial charge in [0, 0.05) is 29.2 Å². The molecule has 4 rings (SSSR count). The monoisotopic (exact) mass is 366 g/mol. The van der Waals surface area contributed by atoms with E-state index in [1.807, 2.05) is 24.3 Å². The number of carbonyl (C=O) groups is 1. The molecule has 0 saturated carbocycles. The van der Waals surface area contributed by atoms with Crippen LogP contribution < -0.4 is 5.32 Å². The van der Waals surface area contributed by atoms with Crippen LogP contribution in [-0.2, 0) is 0 Å². The van der Waals surface area contributed by atoms with E-state index in [-0.39, 0.29) is 24.4 Å². The number of fused-ring (bicyclic) bond motifs is 2. The van der Waals surface area contributed by atoms with Gasteiger partial charge in [-0.25, -0.2) is 0 Å². The minimum atomic E-state index is 0. The van der Waals surface area contributed by atoms with Crippen molar-refractivity contribution in [1.82, 2.24) is 20.4 Å². The van der Waals surface area contributed by atoms with E-state index in [1.165, 1.54) is 0 Å². The van der Waals surface area contributed by atoms with E-state index < -0.39 is 0 Å². The molecule has 1 aromatic heterocycles. The van der Waals surface area contributed by atoms with Crippen LogP contribution in [0.3, 0.4) is 0 Å². The van der Waals surface area contributed by atoms with Gasteiger partial charge in [0.15, 0.2) is 0 Å². The maximum absolute atomic E-state index is 13.2. The van der Waals surface area contributed by atoms with Crippen LogP contribution in [0.4, 0.5) is 0 Å². The van der Waals surface area contributed by atoms with Crippen LogP contribution in [0.25, 0.3) is 11.3 Å². The molecular formula is C17H20Cl2N4O. The molecule has 1 aromatic carbocycles. The molecule has 2 aliphatic rings. The second kappa shape index (κ2) is 7.13. The zero-order valence-electron chi connectivity index (χ0n) is 13.2. The van der Waals surface area contributed by atoms with Crippen molar-refractivity contribution < 1.29 is 4.79 Å². The molecule has 2 fully saturated rings. The summed E-state index contributed by atoms with van der Waals surface area (Å²) in [5.74, 6) is 0.0601. The highest BCUT2D eigenvalue weighted by Crippen LogP contribution is 2.33. The van der Waals surface area contributed by atoms with E-state index >= 15 is 0 Å². The molecule has 2 atom stereocenters. The zero-order chi connectivity index (χ0) is 15.8. The number of carbonyl (C=O) groups excluding carboxylic acids is 1. The molecule has 0 aliphatic carbocycles. The van der Waals surface area contributed by atoms with Crippen molar-refractivity contribution in [1.29, 1.82) is 0 Å². The first-order valence-electron chi connectivity index (χ1n) is 8.07. The molecule has 2 saturated heterocycles. The number of nitrogens with one attached hydrogen (secondary N) is 2. The van der Waals surface area contributed by atoms with Crippen LogP contribution in [0, 0.1) is 0 Å². The fourth-order valence-electron chi connectivity index (χ4n) is 3.77. The molecule has 2 aromatic rings. The topological polar surface area (TPSA) is 61.0 Å². The Balaban J connectivity index is 0.00000169. The fraction of sp³-hybridized carbons (Fsp3) is 0.412. The van der Waals surface area contributed by atoms with Gasteiger partial charge in [-0.3, -0.25) is 9.89 Å². The number of amides is 1. The lowest BCUT2D eigenvalue weighted by Gasteiger charge is -2.27. The number of rotatable bonds is 2. The Labute approximate surface area is 152 Å². The van der Waals surface area contributed by atoms with Crippen LogP contribution in [0.1, 0.15) is 29.6 Å². The second-order valence-electron chi connectivity index (χ2n) is 6.23. The molecule has 24 heavy (non-hydrogen) atoms. The fourth-order valence-corrected chi connectivity index (χ4v) is 4.00. The summed E-state index contributed by atoms with van der Waals surface area (Å²) in [7, 11) is 0. The van der Waals surface area contributed by atoms with Crippen LogP contribution in [0.15, 0.2) is 30.5 Å². The highest BCUT2D eigenvalue weighted by molar-refractivity contribution is 6.33.